The van der Waals surface area contributed by atoms with E-state index in [4.69, 9.17) is 0 Å². The van der Waals surface area contributed by atoms with Crippen molar-refractivity contribution in [1.82, 2.24) is 5.32 Å². The van der Waals surface area contributed by atoms with Crippen molar-refractivity contribution >= 4 is 5.91 Å². The van der Waals surface area contributed by atoms with Crippen molar-refractivity contribution in [2.75, 3.05) is 0 Å². The molecule has 0 aromatic rings. The Labute approximate surface area is 90.2 Å². The first-order valence-corrected chi connectivity index (χ1v) is 6.15. The molecule has 84 valence electrons. The van der Waals surface area contributed by atoms with Gasteiger partial charge < -0.3 is 10.4 Å². The second kappa shape index (κ2) is 2.97. The number of carbonyl (C=O) groups excluding carboxylic acids is 1. The van der Waals surface area contributed by atoms with E-state index in [1.54, 1.807) is 0 Å². The first-order chi connectivity index (χ1) is 7.12. The van der Waals surface area contributed by atoms with E-state index in [1.165, 1.54) is 25.7 Å². The Bertz CT molecular complexity index is 292. The maximum Gasteiger partial charge on any atom is 0.252 e. The lowest BCUT2D eigenvalue weighted by molar-refractivity contribution is -0.132. The van der Waals surface area contributed by atoms with E-state index in [1.807, 2.05) is 0 Å². The van der Waals surface area contributed by atoms with Gasteiger partial charge in [-0.1, -0.05) is 6.42 Å². The van der Waals surface area contributed by atoms with E-state index >= 15 is 0 Å². The number of aliphatic hydroxyl groups is 1. The van der Waals surface area contributed by atoms with E-state index in [-0.39, 0.29) is 5.91 Å². The molecule has 0 aliphatic heterocycles. The van der Waals surface area contributed by atoms with Crippen LogP contribution in [0, 0.1) is 5.41 Å². The molecule has 2 N–H and O–H groups in total. The molecular weight excluding hydrogens is 190 g/mol. The second-order valence-corrected chi connectivity index (χ2v) is 5.80. The number of hydrogen-bond donors (Lipinski definition) is 2. The van der Waals surface area contributed by atoms with Crippen molar-refractivity contribution in [3.8, 4) is 0 Å². The van der Waals surface area contributed by atoms with Gasteiger partial charge in [0.15, 0.2) is 0 Å². The van der Waals surface area contributed by atoms with Crippen LogP contribution in [-0.2, 0) is 4.79 Å². The third-order valence-electron chi connectivity index (χ3n) is 4.38. The summed E-state index contributed by atoms with van der Waals surface area (Å²) in [5, 5.41) is 12.7. The molecular formula is C12H19NO2. The molecule has 1 atom stereocenters. The van der Waals surface area contributed by atoms with Gasteiger partial charge in [0.25, 0.3) is 5.91 Å². The number of nitrogens with one attached hydrogen (secondary N) is 1. The van der Waals surface area contributed by atoms with Crippen LogP contribution in [0.4, 0.5) is 0 Å². The Kier molecular flexibility index (Phi) is 1.91. The van der Waals surface area contributed by atoms with Crippen LogP contribution in [0.2, 0.25) is 0 Å². The average Bonchev–Trinajstić information content (AvgIpc) is 3.09. The molecule has 3 nitrogen and oxygen atoms in total. The molecule has 0 radical (unpaired) electrons. The Balaban J connectivity index is 1.56. The van der Waals surface area contributed by atoms with Crippen LogP contribution in [0.15, 0.2) is 0 Å². The van der Waals surface area contributed by atoms with Crippen LogP contribution >= 0.6 is 0 Å². The highest BCUT2D eigenvalue weighted by molar-refractivity contribution is 5.87. The molecule has 0 heterocycles. The summed E-state index contributed by atoms with van der Waals surface area (Å²) in [5.74, 6) is -0.120. The molecule has 3 aliphatic carbocycles. The minimum Gasteiger partial charge on any atom is -0.380 e. The van der Waals surface area contributed by atoms with Gasteiger partial charge in [-0.15, -0.1) is 0 Å². The summed E-state index contributed by atoms with van der Waals surface area (Å²) in [6, 6.07) is 0.332. The van der Waals surface area contributed by atoms with Gasteiger partial charge in [-0.3, -0.25) is 4.79 Å². The monoisotopic (exact) mass is 209 g/mol. The molecule has 0 aromatic heterocycles. The van der Waals surface area contributed by atoms with E-state index in [0.717, 1.165) is 12.8 Å². The highest BCUT2D eigenvalue weighted by Crippen LogP contribution is 2.56. The summed E-state index contributed by atoms with van der Waals surface area (Å²) in [7, 11) is 0. The fourth-order valence-electron chi connectivity index (χ4n) is 2.87. The van der Waals surface area contributed by atoms with Gasteiger partial charge in [-0.25, -0.2) is 0 Å². The number of rotatable bonds is 2. The van der Waals surface area contributed by atoms with Crippen molar-refractivity contribution in [1.29, 1.82) is 0 Å². The predicted octanol–water partition coefficient (Wildman–Crippen LogP) is 1.35. The highest BCUT2D eigenvalue weighted by Gasteiger charge is 2.50. The number of hydrogen-bond acceptors (Lipinski definition) is 2. The van der Waals surface area contributed by atoms with Crippen LogP contribution in [0.3, 0.4) is 0 Å². The minimum absolute atomic E-state index is 0.120. The molecule has 3 rings (SSSR count). The van der Waals surface area contributed by atoms with Gasteiger partial charge in [0, 0.05) is 6.04 Å². The Morgan fingerprint density at radius 3 is 2.53 bits per heavy atom. The maximum absolute atomic E-state index is 11.7. The van der Waals surface area contributed by atoms with Gasteiger partial charge in [0.05, 0.1) is 0 Å². The summed E-state index contributed by atoms with van der Waals surface area (Å²) in [5.41, 5.74) is -0.406. The van der Waals surface area contributed by atoms with Gasteiger partial charge in [-0.2, -0.15) is 0 Å². The van der Waals surface area contributed by atoms with Gasteiger partial charge in [0.1, 0.15) is 5.60 Å². The topological polar surface area (TPSA) is 49.3 Å². The van der Waals surface area contributed by atoms with Crippen molar-refractivity contribution in [2.24, 2.45) is 5.41 Å². The van der Waals surface area contributed by atoms with Gasteiger partial charge >= 0.3 is 0 Å². The Morgan fingerprint density at radius 1 is 1.20 bits per heavy atom. The maximum atomic E-state index is 11.7. The van der Waals surface area contributed by atoms with Crippen molar-refractivity contribution in [3.05, 3.63) is 0 Å². The van der Waals surface area contributed by atoms with E-state index in [2.05, 4.69) is 5.32 Å². The normalized spacial score (nSPS) is 34.9. The highest BCUT2D eigenvalue weighted by atomic mass is 16.3. The van der Waals surface area contributed by atoms with E-state index in [0.29, 0.717) is 24.3 Å². The fourth-order valence-corrected chi connectivity index (χ4v) is 2.87. The summed E-state index contributed by atoms with van der Waals surface area (Å²) < 4.78 is 0. The lowest BCUT2D eigenvalue weighted by Gasteiger charge is -2.30. The number of carbonyl (C=O) groups is 1. The zero-order valence-electron chi connectivity index (χ0n) is 9.09. The van der Waals surface area contributed by atoms with Crippen LogP contribution in [0.25, 0.3) is 0 Å². The summed E-state index contributed by atoms with van der Waals surface area (Å²) in [4.78, 5) is 11.7. The summed E-state index contributed by atoms with van der Waals surface area (Å²) in [6.07, 6.45) is 8.84. The van der Waals surface area contributed by atoms with E-state index < -0.39 is 5.60 Å². The molecule has 15 heavy (non-hydrogen) atoms. The van der Waals surface area contributed by atoms with Crippen molar-refractivity contribution in [2.45, 2.75) is 63.0 Å². The lowest BCUT2D eigenvalue weighted by atomic mass is 9.83. The quantitative estimate of drug-likeness (QED) is 0.721. The molecule has 1 spiro atoms. The fraction of sp³-hybridized carbons (Fsp3) is 0.917. The molecule has 0 aromatic carbocycles. The smallest absolute Gasteiger partial charge is 0.252 e. The summed E-state index contributed by atoms with van der Waals surface area (Å²) >= 11 is 0. The number of amides is 1. The Hall–Kier alpha value is -0.570. The van der Waals surface area contributed by atoms with Crippen LogP contribution < -0.4 is 5.32 Å². The van der Waals surface area contributed by atoms with Crippen molar-refractivity contribution < 1.29 is 9.90 Å². The largest absolute Gasteiger partial charge is 0.380 e. The molecule has 0 bridgehead atoms. The van der Waals surface area contributed by atoms with Gasteiger partial charge in [0.2, 0.25) is 0 Å². The van der Waals surface area contributed by atoms with Crippen LogP contribution in [-0.4, -0.2) is 22.7 Å². The minimum atomic E-state index is -0.992. The second-order valence-electron chi connectivity index (χ2n) is 5.80. The van der Waals surface area contributed by atoms with Crippen LogP contribution in [0.5, 0.6) is 0 Å². The zero-order valence-corrected chi connectivity index (χ0v) is 9.09. The molecule has 0 saturated heterocycles. The predicted molar refractivity (Wildman–Crippen MR) is 56.2 cm³/mol. The van der Waals surface area contributed by atoms with Crippen molar-refractivity contribution in [3.63, 3.8) is 0 Å². The van der Waals surface area contributed by atoms with Gasteiger partial charge in [-0.05, 0) is 50.4 Å². The first kappa shape index (κ1) is 9.64. The SMILES string of the molecule is O=C(N[C@@H]1CCCC2(CC2)C1)C1(O)CC1. The molecule has 3 saturated carbocycles. The molecule has 3 aliphatic rings. The molecule has 3 heteroatoms. The average molecular weight is 209 g/mol. The summed E-state index contributed by atoms with van der Waals surface area (Å²) in [6.45, 7) is 0. The zero-order chi connectivity index (χ0) is 10.5. The van der Waals surface area contributed by atoms with E-state index in [9.17, 15) is 9.90 Å². The first-order valence-electron chi connectivity index (χ1n) is 6.15. The standard InChI is InChI=1S/C12H19NO2/c14-10(12(15)6-7-12)13-9-2-1-3-11(8-9)4-5-11/h9,15H,1-8H2,(H,13,14)/t9-/m1/s1. The third kappa shape index (κ3) is 1.78. The Morgan fingerprint density at radius 2 is 1.93 bits per heavy atom. The molecule has 0 unspecified atom stereocenters. The molecule has 3 fully saturated rings. The lowest BCUT2D eigenvalue weighted by Crippen LogP contribution is -2.44. The van der Waals surface area contributed by atoms with Crippen LogP contribution in [0.1, 0.15) is 51.4 Å². The molecule has 1 amide bonds. The third-order valence-corrected chi connectivity index (χ3v) is 4.38.